The summed E-state index contributed by atoms with van der Waals surface area (Å²) >= 11 is 0. The molecule has 0 radical (unpaired) electrons. The quantitative estimate of drug-likeness (QED) is 0.589. The lowest BCUT2D eigenvalue weighted by Gasteiger charge is -2.44. The molecule has 0 aliphatic heterocycles. The third-order valence-electron chi connectivity index (χ3n) is 4.50. The minimum atomic E-state index is -0.755. The first kappa shape index (κ1) is 18.0. The van der Waals surface area contributed by atoms with Gasteiger partial charge in [-0.1, -0.05) is 30.9 Å². The van der Waals surface area contributed by atoms with Crippen molar-refractivity contribution in [1.82, 2.24) is 4.90 Å². The van der Waals surface area contributed by atoms with Crippen LogP contribution in [0.5, 0.6) is 5.75 Å². The van der Waals surface area contributed by atoms with Crippen molar-refractivity contribution < 1.29 is 14.6 Å². The molecule has 4 nitrogen and oxygen atoms in total. The summed E-state index contributed by atoms with van der Waals surface area (Å²) < 4.78 is 5.43. The Balaban J connectivity index is 2.41. The van der Waals surface area contributed by atoms with Crippen molar-refractivity contribution in [2.75, 3.05) is 19.7 Å². The molecule has 0 saturated carbocycles. The van der Waals surface area contributed by atoms with E-state index in [1.165, 1.54) is 0 Å². The summed E-state index contributed by atoms with van der Waals surface area (Å²) in [6, 6.07) is 5.33. The molecule has 0 bridgehead atoms. The summed E-state index contributed by atoms with van der Waals surface area (Å²) in [5.74, 6) is 0.00866. The summed E-state index contributed by atoms with van der Waals surface area (Å²) in [7, 11) is 0. The van der Waals surface area contributed by atoms with Gasteiger partial charge in [0, 0.05) is 19.5 Å². The fourth-order valence-electron chi connectivity index (χ4n) is 3.34. The van der Waals surface area contributed by atoms with Gasteiger partial charge in [0.1, 0.15) is 17.9 Å². The summed E-state index contributed by atoms with van der Waals surface area (Å²) in [6.07, 6.45) is 7.03. The van der Waals surface area contributed by atoms with Crippen molar-refractivity contribution in [3.63, 3.8) is 0 Å². The van der Waals surface area contributed by atoms with Gasteiger partial charge in [0.15, 0.2) is 0 Å². The van der Waals surface area contributed by atoms with Crippen molar-refractivity contribution in [2.45, 2.75) is 24.8 Å². The average Bonchev–Trinajstić information content (AvgIpc) is 2.59. The Morgan fingerprint density at radius 3 is 2.54 bits per heavy atom. The highest BCUT2D eigenvalue weighted by Crippen LogP contribution is 2.36. The van der Waals surface area contributed by atoms with E-state index in [1.54, 1.807) is 30.4 Å². The average molecular weight is 327 g/mol. The predicted octanol–water partition coefficient (Wildman–Crippen LogP) is 3.02. The number of benzene rings is 1. The number of rotatable bonds is 8. The molecule has 1 N–H and O–H groups in total. The zero-order valence-electron chi connectivity index (χ0n) is 14.0. The van der Waals surface area contributed by atoms with Crippen LogP contribution in [0.2, 0.25) is 0 Å². The number of phenolic OH excluding ortho intramolecular Hbond substituents is 1. The van der Waals surface area contributed by atoms with Crippen LogP contribution in [0, 0.1) is 0 Å². The maximum absolute atomic E-state index is 12.9. The van der Waals surface area contributed by atoms with Crippen LogP contribution in [0.3, 0.4) is 0 Å². The van der Waals surface area contributed by atoms with E-state index in [1.807, 2.05) is 6.07 Å². The van der Waals surface area contributed by atoms with Gasteiger partial charge in [-0.2, -0.15) is 0 Å². The molecule has 1 aromatic carbocycles. The Bertz CT molecular complexity index is 628. The first-order valence-corrected chi connectivity index (χ1v) is 8.13. The number of hydrogen-bond donors (Lipinski definition) is 1. The van der Waals surface area contributed by atoms with E-state index < -0.39 is 5.54 Å². The summed E-state index contributed by atoms with van der Waals surface area (Å²) in [5, 5.41) is 9.68. The molecule has 24 heavy (non-hydrogen) atoms. The van der Waals surface area contributed by atoms with Gasteiger partial charge in [0.25, 0.3) is 0 Å². The van der Waals surface area contributed by atoms with Gasteiger partial charge < -0.3 is 9.84 Å². The van der Waals surface area contributed by atoms with Gasteiger partial charge in [-0.3, -0.25) is 9.69 Å². The van der Waals surface area contributed by atoms with Crippen molar-refractivity contribution in [3.8, 4) is 5.75 Å². The fourth-order valence-corrected chi connectivity index (χ4v) is 3.34. The SMILES string of the molecule is C=CCOC(=O)C1(N(CC=C)CC=C)CCc2cc(O)ccc2C1. The van der Waals surface area contributed by atoms with Gasteiger partial charge in [0.2, 0.25) is 0 Å². The molecule has 1 atom stereocenters. The van der Waals surface area contributed by atoms with Crippen LogP contribution in [-0.4, -0.2) is 41.2 Å². The second-order valence-electron chi connectivity index (χ2n) is 6.03. The van der Waals surface area contributed by atoms with E-state index in [2.05, 4.69) is 24.6 Å². The molecule has 0 spiro atoms. The predicted molar refractivity (Wildman–Crippen MR) is 96.0 cm³/mol. The first-order valence-electron chi connectivity index (χ1n) is 8.13. The van der Waals surface area contributed by atoms with Crippen molar-refractivity contribution >= 4 is 5.97 Å². The molecule has 1 unspecified atom stereocenters. The van der Waals surface area contributed by atoms with Gasteiger partial charge in [-0.05, 0) is 36.1 Å². The maximum atomic E-state index is 12.9. The third-order valence-corrected chi connectivity index (χ3v) is 4.50. The van der Waals surface area contributed by atoms with Gasteiger partial charge in [0.05, 0.1) is 0 Å². The normalized spacial score (nSPS) is 19.4. The number of nitrogens with zero attached hydrogens (tertiary/aromatic N) is 1. The zero-order chi connectivity index (χ0) is 17.6. The standard InChI is InChI=1S/C20H25NO3/c1-4-11-21(12-5-2)20(19(23)24-13-6-3)10-9-16-14-18(22)8-7-17(16)15-20/h4-8,14,22H,1-3,9-13,15H2. The van der Waals surface area contributed by atoms with Crippen LogP contribution >= 0.6 is 0 Å². The molecular weight excluding hydrogens is 302 g/mol. The number of carbonyl (C=O) groups is 1. The lowest BCUT2D eigenvalue weighted by Crippen LogP contribution is -2.58. The Morgan fingerprint density at radius 2 is 1.92 bits per heavy atom. The highest BCUT2D eigenvalue weighted by molar-refractivity contribution is 5.82. The topological polar surface area (TPSA) is 49.8 Å². The fraction of sp³-hybridized carbons (Fsp3) is 0.350. The van der Waals surface area contributed by atoms with Crippen LogP contribution in [0.1, 0.15) is 17.5 Å². The van der Waals surface area contributed by atoms with Crippen molar-refractivity contribution in [1.29, 1.82) is 0 Å². The molecule has 0 fully saturated rings. The second kappa shape index (κ2) is 7.97. The van der Waals surface area contributed by atoms with Crippen molar-refractivity contribution in [2.24, 2.45) is 0 Å². The molecule has 0 amide bonds. The van der Waals surface area contributed by atoms with Gasteiger partial charge >= 0.3 is 5.97 Å². The maximum Gasteiger partial charge on any atom is 0.327 e. The summed E-state index contributed by atoms with van der Waals surface area (Å²) in [4.78, 5) is 15.0. The lowest BCUT2D eigenvalue weighted by atomic mass is 9.76. The van der Waals surface area contributed by atoms with E-state index in [0.29, 0.717) is 32.4 Å². The number of ether oxygens (including phenoxy) is 1. The zero-order valence-corrected chi connectivity index (χ0v) is 14.0. The molecule has 2 rings (SSSR count). The summed E-state index contributed by atoms with van der Waals surface area (Å²) in [5.41, 5.74) is 1.39. The highest BCUT2D eigenvalue weighted by Gasteiger charge is 2.46. The number of fused-ring (bicyclic) bond motifs is 1. The smallest absolute Gasteiger partial charge is 0.327 e. The van der Waals surface area contributed by atoms with Crippen LogP contribution in [0.4, 0.5) is 0 Å². The molecule has 128 valence electrons. The van der Waals surface area contributed by atoms with Crippen LogP contribution in [0.15, 0.2) is 56.2 Å². The minimum Gasteiger partial charge on any atom is -0.508 e. The van der Waals surface area contributed by atoms with E-state index in [-0.39, 0.29) is 18.3 Å². The molecule has 0 heterocycles. The van der Waals surface area contributed by atoms with Crippen molar-refractivity contribution in [3.05, 3.63) is 67.3 Å². The van der Waals surface area contributed by atoms with Crippen LogP contribution < -0.4 is 0 Å². The van der Waals surface area contributed by atoms with Crippen LogP contribution in [0.25, 0.3) is 0 Å². The van der Waals surface area contributed by atoms with E-state index >= 15 is 0 Å². The number of aryl methyl sites for hydroxylation is 1. The van der Waals surface area contributed by atoms with Crippen LogP contribution in [-0.2, 0) is 22.4 Å². The molecular formula is C20H25NO3. The molecule has 0 aromatic heterocycles. The minimum absolute atomic E-state index is 0.193. The Morgan fingerprint density at radius 1 is 1.21 bits per heavy atom. The monoisotopic (exact) mass is 327 g/mol. The Hall–Kier alpha value is -2.33. The number of esters is 1. The number of carbonyl (C=O) groups excluding carboxylic acids is 1. The molecule has 1 aliphatic rings. The van der Waals surface area contributed by atoms with Gasteiger partial charge in [-0.15, -0.1) is 13.2 Å². The molecule has 1 aliphatic carbocycles. The summed E-state index contributed by atoms with van der Waals surface area (Å²) in [6.45, 7) is 12.6. The van der Waals surface area contributed by atoms with Gasteiger partial charge in [-0.25, -0.2) is 0 Å². The number of phenols is 1. The van der Waals surface area contributed by atoms with E-state index in [4.69, 9.17) is 4.74 Å². The lowest BCUT2D eigenvalue weighted by molar-refractivity contribution is -0.157. The molecule has 0 saturated heterocycles. The number of hydrogen-bond acceptors (Lipinski definition) is 4. The Kier molecular flexibility index (Phi) is 5.99. The largest absolute Gasteiger partial charge is 0.508 e. The third kappa shape index (κ3) is 3.60. The number of aromatic hydroxyl groups is 1. The molecule has 1 aromatic rings. The Labute approximate surface area is 143 Å². The van der Waals surface area contributed by atoms with E-state index in [9.17, 15) is 9.90 Å². The van der Waals surface area contributed by atoms with E-state index in [0.717, 1.165) is 11.1 Å². The first-order chi connectivity index (χ1) is 11.6. The highest BCUT2D eigenvalue weighted by atomic mass is 16.5. The molecule has 4 heteroatoms. The second-order valence-corrected chi connectivity index (χ2v) is 6.03.